The summed E-state index contributed by atoms with van der Waals surface area (Å²) in [6.07, 6.45) is 3.55. The summed E-state index contributed by atoms with van der Waals surface area (Å²) in [4.78, 5) is 26.0. The molecule has 0 bridgehead atoms. The van der Waals surface area contributed by atoms with Gasteiger partial charge in [0.2, 0.25) is 0 Å². The van der Waals surface area contributed by atoms with Crippen LogP contribution >= 0.6 is 0 Å². The van der Waals surface area contributed by atoms with E-state index in [1.807, 2.05) is 43.3 Å². The maximum absolute atomic E-state index is 12.5. The third-order valence-corrected chi connectivity index (χ3v) is 3.93. The standard InChI is InChI=1S/C19H25NO4/c1-4-23-18(21)13-24-17-8-6-5-7-14(17)11-15-9-10-16(19(15)22)12-20(2)3/h5-8,11,16H,4,9-10,12-13H2,1-3H3/b15-11+. The van der Waals surface area contributed by atoms with E-state index in [0.717, 1.165) is 30.5 Å². The second kappa shape index (κ2) is 8.64. The number of benzene rings is 1. The summed E-state index contributed by atoms with van der Waals surface area (Å²) in [5, 5.41) is 0. The van der Waals surface area contributed by atoms with E-state index in [0.29, 0.717) is 12.4 Å². The first-order chi connectivity index (χ1) is 11.5. The van der Waals surface area contributed by atoms with Gasteiger partial charge in [-0.15, -0.1) is 0 Å². The highest BCUT2D eigenvalue weighted by Crippen LogP contribution is 2.31. The van der Waals surface area contributed by atoms with Crippen molar-refractivity contribution in [3.8, 4) is 5.75 Å². The number of hydrogen-bond acceptors (Lipinski definition) is 5. The van der Waals surface area contributed by atoms with Gasteiger partial charge in [0.1, 0.15) is 5.75 Å². The van der Waals surface area contributed by atoms with Crippen LogP contribution in [0.15, 0.2) is 29.8 Å². The fourth-order valence-corrected chi connectivity index (χ4v) is 2.86. The summed E-state index contributed by atoms with van der Waals surface area (Å²) in [6, 6.07) is 7.41. The van der Waals surface area contributed by atoms with Crippen LogP contribution in [0.3, 0.4) is 0 Å². The van der Waals surface area contributed by atoms with Gasteiger partial charge in [0.05, 0.1) is 6.61 Å². The van der Waals surface area contributed by atoms with E-state index in [2.05, 4.69) is 0 Å². The first kappa shape index (κ1) is 18.2. The van der Waals surface area contributed by atoms with Gasteiger partial charge in [0.25, 0.3) is 0 Å². The Hall–Kier alpha value is -2.14. The molecule has 5 nitrogen and oxygen atoms in total. The molecule has 1 aromatic rings. The Morgan fingerprint density at radius 3 is 2.79 bits per heavy atom. The van der Waals surface area contributed by atoms with Gasteiger partial charge < -0.3 is 14.4 Å². The van der Waals surface area contributed by atoms with Crippen molar-refractivity contribution in [3.63, 3.8) is 0 Å². The Morgan fingerprint density at radius 2 is 2.08 bits per heavy atom. The molecule has 1 aliphatic rings. The molecule has 1 atom stereocenters. The normalized spacial score (nSPS) is 19.1. The van der Waals surface area contributed by atoms with Crippen LogP contribution < -0.4 is 4.74 Å². The summed E-state index contributed by atoms with van der Waals surface area (Å²) >= 11 is 0. The Bertz CT molecular complexity index is 622. The number of ether oxygens (including phenoxy) is 2. The highest BCUT2D eigenvalue weighted by atomic mass is 16.6. The number of hydrogen-bond donors (Lipinski definition) is 0. The molecule has 1 fully saturated rings. The lowest BCUT2D eigenvalue weighted by Crippen LogP contribution is -2.24. The van der Waals surface area contributed by atoms with Gasteiger partial charge in [-0.25, -0.2) is 4.79 Å². The number of rotatable bonds is 7. The second-order valence-electron chi connectivity index (χ2n) is 6.16. The molecule has 0 aromatic heterocycles. The third kappa shape index (κ3) is 4.93. The maximum atomic E-state index is 12.5. The first-order valence-electron chi connectivity index (χ1n) is 8.28. The number of carbonyl (C=O) groups excluding carboxylic acids is 2. The number of allylic oxidation sites excluding steroid dienone is 1. The van der Waals surface area contributed by atoms with Crippen molar-refractivity contribution in [2.24, 2.45) is 5.92 Å². The van der Waals surface area contributed by atoms with Crippen LogP contribution in [-0.4, -0.2) is 50.5 Å². The highest BCUT2D eigenvalue weighted by Gasteiger charge is 2.29. The van der Waals surface area contributed by atoms with Crippen LogP contribution in [0.2, 0.25) is 0 Å². The Balaban J connectivity index is 2.09. The average molecular weight is 331 g/mol. The molecular weight excluding hydrogens is 306 g/mol. The number of esters is 1. The van der Waals surface area contributed by atoms with E-state index < -0.39 is 5.97 Å². The molecular formula is C19H25NO4. The SMILES string of the molecule is CCOC(=O)COc1ccccc1/C=C1\CCC(CN(C)C)C1=O. The van der Waals surface area contributed by atoms with Gasteiger partial charge in [-0.1, -0.05) is 18.2 Å². The van der Waals surface area contributed by atoms with Crippen molar-refractivity contribution in [1.29, 1.82) is 0 Å². The lowest BCUT2D eigenvalue weighted by atomic mass is 10.0. The topological polar surface area (TPSA) is 55.8 Å². The Morgan fingerprint density at radius 1 is 1.33 bits per heavy atom. The molecule has 0 heterocycles. The number of carbonyl (C=O) groups is 2. The van der Waals surface area contributed by atoms with Crippen molar-refractivity contribution in [2.45, 2.75) is 19.8 Å². The summed E-state index contributed by atoms with van der Waals surface area (Å²) in [6.45, 7) is 2.73. The molecule has 130 valence electrons. The molecule has 1 saturated carbocycles. The number of Topliss-reactive ketones (excluding diaryl/α,β-unsaturated/α-hetero) is 1. The molecule has 0 aliphatic heterocycles. The minimum Gasteiger partial charge on any atom is -0.481 e. The fraction of sp³-hybridized carbons (Fsp3) is 0.474. The number of para-hydroxylation sites is 1. The van der Waals surface area contributed by atoms with E-state index in [1.54, 1.807) is 13.0 Å². The minimum absolute atomic E-state index is 0.0684. The molecule has 24 heavy (non-hydrogen) atoms. The monoisotopic (exact) mass is 331 g/mol. The molecule has 1 unspecified atom stereocenters. The largest absolute Gasteiger partial charge is 0.481 e. The van der Waals surface area contributed by atoms with Crippen LogP contribution in [0.1, 0.15) is 25.3 Å². The van der Waals surface area contributed by atoms with Gasteiger partial charge in [-0.3, -0.25) is 4.79 Å². The molecule has 0 saturated heterocycles. The van der Waals surface area contributed by atoms with Crippen LogP contribution in [0.5, 0.6) is 5.75 Å². The van der Waals surface area contributed by atoms with Gasteiger partial charge >= 0.3 is 5.97 Å². The van der Waals surface area contributed by atoms with Gasteiger partial charge in [0, 0.05) is 18.0 Å². The minimum atomic E-state index is -0.400. The van der Waals surface area contributed by atoms with E-state index in [9.17, 15) is 9.59 Å². The highest BCUT2D eigenvalue weighted by molar-refractivity contribution is 6.03. The van der Waals surface area contributed by atoms with Crippen LogP contribution in [-0.2, 0) is 14.3 Å². The molecule has 0 spiro atoms. The molecule has 0 radical (unpaired) electrons. The van der Waals surface area contributed by atoms with Crippen LogP contribution in [0, 0.1) is 5.92 Å². The van der Waals surface area contributed by atoms with E-state index in [4.69, 9.17) is 9.47 Å². The van der Waals surface area contributed by atoms with E-state index in [-0.39, 0.29) is 18.3 Å². The zero-order valence-electron chi connectivity index (χ0n) is 14.6. The average Bonchev–Trinajstić information content (AvgIpc) is 2.87. The molecule has 5 heteroatoms. The smallest absolute Gasteiger partial charge is 0.344 e. The van der Waals surface area contributed by atoms with Crippen molar-refractivity contribution < 1.29 is 19.1 Å². The molecule has 1 aromatic carbocycles. The van der Waals surface area contributed by atoms with Crippen LogP contribution in [0.25, 0.3) is 6.08 Å². The van der Waals surface area contributed by atoms with Gasteiger partial charge in [-0.2, -0.15) is 0 Å². The molecule has 0 amide bonds. The van der Waals surface area contributed by atoms with Gasteiger partial charge in [0.15, 0.2) is 12.4 Å². The summed E-state index contributed by atoms with van der Waals surface area (Å²) in [7, 11) is 3.96. The molecule has 0 N–H and O–H groups in total. The molecule has 1 aliphatic carbocycles. The fourth-order valence-electron chi connectivity index (χ4n) is 2.86. The number of nitrogens with zero attached hydrogens (tertiary/aromatic N) is 1. The van der Waals surface area contributed by atoms with E-state index in [1.165, 1.54) is 0 Å². The lowest BCUT2D eigenvalue weighted by molar-refractivity contribution is -0.145. The second-order valence-corrected chi connectivity index (χ2v) is 6.16. The Labute approximate surface area is 143 Å². The van der Waals surface area contributed by atoms with Crippen molar-refractivity contribution >= 4 is 17.8 Å². The van der Waals surface area contributed by atoms with Crippen molar-refractivity contribution in [3.05, 3.63) is 35.4 Å². The summed E-state index contributed by atoms with van der Waals surface area (Å²) < 4.78 is 10.4. The predicted octanol–water partition coefficient (Wildman–Crippen LogP) is 2.55. The van der Waals surface area contributed by atoms with Gasteiger partial charge in [-0.05, 0) is 51.6 Å². The summed E-state index contributed by atoms with van der Waals surface area (Å²) in [5.74, 6) is 0.465. The molecule has 2 rings (SSSR count). The maximum Gasteiger partial charge on any atom is 0.344 e. The quantitative estimate of drug-likeness (QED) is 0.568. The number of ketones is 1. The first-order valence-corrected chi connectivity index (χ1v) is 8.28. The summed E-state index contributed by atoms with van der Waals surface area (Å²) in [5.41, 5.74) is 1.64. The van der Waals surface area contributed by atoms with Crippen molar-refractivity contribution in [1.82, 2.24) is 4.90 Å². The van der Waals surface area contributed by atoms with E-state index >= 15 is 0 Å². The zero-order valence-corrected chi connectivity index (χ0v) is 14.6. The lowest BCUT2D eigenvalue weighted by Gasteiger charge is -2.13. The van der Waals surface area contributed by atoms with Crippen LogP contribution in [0.4, 0.5) is 0 Å². The Kier molecular flexibility index (Phi) is 6.55. The third-order valence-electron chi connectivity index (χ3n) is 3.93. The predicted molar refractivity (Wildman–Crippen MR) is 92.8 cm³/mol. The zero-order chi connectivity index (χ0) is 17.5. The van der Waals surface area contributed by atoms with Crippen molar-refractivity contribution in [2.75, 3.05) is 33.9 Å².